The summed E-state index contributed by atoms with van der Waals surface area (Å²) in [6.45, 7) is 0. The molecule has 1 heterocycles. The first-order chi connectivity index (χ1) is 9.11. The van der Waals surface area contributed by atoms with Gasteiger partial charge in [0.1, 0.15) is 5.69 Å². The van der Waals surface area contributed by atoms with Crippen molar-refractivity contribution < 1.29 is 9.59 Å². The number of anilines is 1. The molecular weight excluding hydrogens is 332 g/mol. The van der Waals surface area contributed by atoms with Crippen molar-refractivity contribution in [2.45, 2.75) is 0 Å². The summed E-state index contributed by atoms with van der Waals surface area (Å²) >= 11 is 9.32. The highest BCUT2D eigenvalue weighted by atomic mass is 79.9. The Morgan fingerprint density at radius 2 is 2.11 bits per heavy atom. The van der Waals surface area contributed by atoms with Gasteiger partial charge in [-0.3, -0.25) is 14.6 Å². The van der Waals surface area contributed by atoms with Crippen LogP contribution in [-0.4, -0.2) is 17.2 Å². The molecule has 19 heavy (non-hydrogen) atoms. The number of nitrogens with one attached hydrogen (secondary N) is 1. The number of rotatable bonds is 3. The third-order valence-corrected chi connectivity index (χ3v) is 3.65. The molecule has 0 saturated heterocycles. The molecule has 96 valence electrons. The molecule has 1 aromatic carbocycles. The monoisotopic (exact) mass is 338 g/mol. The molecule has 6 heteroatoms. The van der Waals surface area contributed by atoms with Crippen molar-refractivity contribution >= 4 is 45.4 Å². The number of pyridine rings is 1. The lowest BCUT2D eigenvalue weighted by Gasteiger charge is -2.07. The van der Waals surface area contributed by atoms with Crippen molar-refractivity contribution in [1.29, 1.82) is 0 Å². The van der Waals surface area contributed by atoms with Gasteiger partial charge < -0.3 is 5.32 Å². The molecule has 1 amide bonds. The third-order valence-electron chi connectivity index (χ3n) is 2.35. The number of carbonyl (C=O) groups is 2. The Kier molecular flexibility index (Phi) is 4.29. The molecule has 0 radical (unpaired) electrons. The predicted molar refractivity (Wildman–Crippen MR) is 76.7 cm³/mol. The first-order valence-corrected chi connectivity index (χ1v) is 6.45. The van der Waals surface area contributed by atoms with Crippen molar-refractivity contribution in [1.82, 2.24) is 4.98 Å². The average molecular weight is 340 g/mol. The minimum atomic E-state index is -0.391. The predicted octanol–water partition coefficient (Wildman–Crippen LogP) is 3.56. The van der Waals surface area contributed by atoms with Crippen LogP contribution in [0.1, 0.15) is 20.8 Å². The molecule has 1 aromatic heterocycles. The Balaban J connectivity index is 2.20. The normalized spacial score (nSPS) is 10.0. The SMILES string of the molecule is O=Cc1ccc(C(=O)Nc2cccc(Br)c2Cl)nc1. The largest absolute Gasteiger partial charge is 0.319 e. The van der Waals surface area contributed by atoms with Crippen molar-refractivity contribution in [3.63, 3.8) is 0 Å². The van der Waals surface area contributed by atoms with Gasteiger partial charge in [-0.25, -0.2) is 0 Å². The molecule has 0 saturated carbocycles. The molecular formula is C13H8BrClN2O2. The number of benzene rings is 1. The van der Waals surface area contributed by atoms with E-state index in [0.717, 1.165) is 0 Å². The van der Waals surface area contributed by atoms with E-state index in [1.807, 2.05) is 0 Å². The number of halogens is 2. The highest BCUT2D eigenvalue weighted by Crippen LogP contribution is 2.30. The van der Waals surface area contributed by atoms with Crippen LogP contribution in [0, 0.1) is 0 Å². The van der Waals surface area contributed by atoms with Gasteiger partial charge in [0.25, 0.3) is 5.91 Å². The molecule has 1 N–H and O–H groups in total. The van der Waals surface area contributed by atoms with Gasteiger partial charge in [0.05, 0.1) is 10.7 Å². The van der Waals surface area contributed by atoms with Crippen molar-refractivity contribution in [2.24, 2.45) is 0 Å². The number of aldehydes is 1. The molecule has 2 rings (SSSR count). The first-order valence-electron chi connectivity index (χ1n) is 5.28. The lowest BCUT2D eigenvalue weighted by Crippen LogP contribution is -2.14. The Morgan fingerprint density at radius 1 is 1.32 bits per heavy atom. The summed E-state index contributed by atoms with van der Waals surface area (Å²) in [4.78, 5) is 26.3. The zero-order valence-electron chi connectivity index (χ0n) is 9.56. The fourth-order valence-electron chi connectivity index (χ4n) is 1.40. The van der Waals surface area contributed by atoms with E-state index < -0.39 is 5.91 Å². The molecule has 0 fully saturated rings. The second-order valence-corrected chi connectivity index (χ2v) is 4.88. The van der Waals surface area contributed by atoms with E-state index in [1.54, 1.807) is 18.2 Å². The number of hydrogen-bond acceptors (Lipinski definition) is 3. The average Bonchev–Trinajstić information content (AvgIpc) is 2.44. The van der Waals surface area contributed by atoms with E-state index in [4.69, 9.17) is 11.6 Å². The summed E-state index contributed by atoms with van der Waals surface area (Å²) in [6, 6.07) is 8.22. The van der Waals surface area contributed by atoms with Crippen molar-refractivity contribution in [2.75, 3.05) is 5.32 Å². The first kappa shape index (κ1) is 13.7. The van der Waals surface area contributed by atoms with Gasteiger partial charge in [0.15, 0.2) is 6.29 Å². The molecule has 0 aliphatic carbocycles. The summed E-state index contributed by atoms with van der Waals surface area (Å²) < 4.78 is 0.691. The van der Waals surface area contributed by atoms with Crippen LogP contribution in [0.3, 0.4) is 0 Å². The third kappa shape index (κ3) is 3.19. The lowest BCUT2D eigenvalue weighted by atomic mass is 10.2. The van der Waals surface area contributed by atoms with E-state index in [-0.39, 0.29) is 5.69 Å². The van der Waals surface area contributed by atoms with E-state index in [1.165, 1.54) is 18.3 Å². The lowest BCUT2D eigenvalue weighted by molar-refractivity contribution is 0.102. The molecule has 4 nitrogen and oxygen atoms in total. The number of hydrogen-bond donors (Lipinski definition) is 1. The molecule has 0 aliphatic rings. The van der Waals surface area contributed by atoms with Gasteiger partial charge in [0, 0.05) is 16.2 Å². The van der Waals surface area contributed by atoms with Gasteiger partial charge in [0.2, 0.25) is 0 Å². The van der Waals surface area contributed by atoms with Crippen LogP contribution in [0.25, 0.3) is 0 Å². The van der Waals surface area contributed by atoms with Gasteiger partial charge >= 0.3 is 0 Å². The second-order valence-electron chi connectivity index (χ2n) is 3.65. The summed E-state index contributed by atoms with van der Waals surface area (Å²) in [5.74, 6) is -0.391. The van der Waals surface area contributed by atoms with Crippen LogP contribution in [0.15, 0.2) is 41.0 Å². The Morgan fingerprint density at radius 3 is 2.74 bits per heavy atom. The fraction of sp³-hybridized carbons (Fsp3) is 0. The maximum Gasteiger partial charge on any atom is 0.274 e. The highest BCUT2D eigenvalue weighted by Gasteiger charge is 2.11. The number of nitrogens with zero attached hydrogens (tertiary/aromatic N) is 1. The molecule has 2 aromatic rings. The highest BCUT2D eigenvalue weighted by molar-refractivity contribution is 9.10. The number of amides is 1. The maximum atomic E-state index is 11.9. The molecule has 0 bridgehead atoms. The Labute approximate surface area is 122 Å². The summed E-state index contributed by atoms with van der Waals surface area (Å²) in [5.41, 5.74) is 1.11. The Bertz CT molecular complexity index is 629. The van der Waals surface area contributed by atoms with Crippen LogP contribution in [0.4, 0.5) is 5.69 Å². The minimum Gasteiger partial charge on any atom is -0.319 e. The molecule has 0 aliphatic heterocycles. The standard InChI is InChI=1S/C13H8BrClN2O2/c14-9-2-1-3-10(12(9)15)17-13(19)11-5-4-8(7-18)6-16-11/h1-7H,(H,17,19). The summed E-state index contributed by atoms with van der Waals surface area (Å²) in [7, 11) is 0. The van der Waals surface area contributed by atoms with Crippen LogP contribution < -0.4 is 5.32 Å². The topological polar surface area (TPSA) is 59.1 Å². The van der Waals surface area contributed by atoms with E-state index in [2.05, 4.69) is 26.2 Å². The van der Waals surface area contributed by atoms with Crippen molar-refractivity contribution in [3.05, 3.63) is 57.3 Å². The quantitative estimate of drug-likeness (QED) is 0.870. The summed E-state index contributed by atoms with van der Waals surface area (Å²) in [5, 5.41) is 3.07. The molecule has 0 spiro atoms. The zero-order chi connectivity index (χ0) is 13.8. The maximum absolute atomic E-state index is 11.9. The van der Waals surface area contributed by atoms with Crippen molar-refractivity contribution in [3.8, 4) is 0 Å². The van der Waals surface area contributed by atoms with Gasteiger partial charge in [-0.05, 0) is 40.2 Å². The van der Waals surface area contributed by atoms with E-state index in [0.29, 0.717) is 27.0 Å². The molecule has 0 unspecified atom stereocenters. The van der Waals surface area contributed by atoms with Gasteiger partial charge in [-0.15, -0.1) is 0 Å². The van der Waals surface area contributed by atoms with E-state index >= 15 is 0 Å². The Hall–Kier alpha value is -1.72. The number of aromatic nitrogens is 1. The van der Waals surface area contributed by atoms with Gasteiger partial charge in [-0.2, -0.15) is 0 Å². The van der Waals surface area contributed by atoms with Crippen LogP contribution >= 0.6 is 27.5 Å². The zero-order valence-corrected chi connectivity index (χ0v) is 11.9. The number of carbonyl (C=O) groups excluding carboxylic acids is 2. The van der Waals surface area contributed by atoms with Crippen LogP contribution in [0.2, 0.25) is 5.02 Å². The minimum absolute atomic E-state index is 0.210. The second kappa shape index (κ2) is 5.95. The summed E-state index contributed by atoms with van der Waals surface area (Å²) in [6.07, 6.45) is 2.00. The smallest absolute Gasteiger partial charge is 0.274 e. The van der Waals surface area contributed by atoms with Gasteiger partial charge in [-0.1, -0.05) is 17.7 Å². The van der Waals surface area contributed by atoms with Crippen LogP contribution in [0.5, 0.6) is 0 Å². The molecule has 0 atom stereocenters. The van der Waals surface area contributed by atoms with E-state index in [9.17, 15) is 9.59 Å². The fourth-order valence-corrected chi connectivity index (χ4v) is 1.94. The van der Waals surface area contributed by atoms with Crippen LogP contribution in [-0.2, 0) is 0 Å².